The number of amides is 3. The number of aromatic hydroxyl groups is 6. The molecule has 0 aliphatic carbocycles. The van der Waals surface area contributed by atoms with Crippen LogP contribution in [-0.4, -0.2) is 142 Å². The number of likely N-dealkylation sites (tertiary alicyclic amines) is 1. The molecule has 0 spiro atoms. The Hall–Kier alpha value is -4.87. The van der Waals surface area contributed by atoms with Gasteiger partial charge in [-0.2, -0.15) is 30.7 Å². The number of nitrogens with zero attached hydrogens (tertiary/aromatic N) is 3. The number of hydrogen-bond donors (Lipinski definition) is 15. The van der Waals surface area contributed by atoms with Gasteiger partial charge < -0.3 is 81.3 Å². The molecule has 15 N–H and O–H groups in total. The summed E-state index contributed by atoms with van der Waals surface area (Å²) in [7, 11) is 0.716. The van der Waals surface area contributed by atoms with Gasteiger partial charge in [0.05, 0.1) is 17.6 Å². The van der Waals surface area contributed by atoms with Gasteiger partial charge in [0.25, 0.3) is 0 Å². The Bertz CT molecular complexity index is 1840. The molecular formula is C30H37F7N4O16. The quantitative estimate of drug-likeness (QED) is 0.0648. The molecule has 3 atom stereocenters. The molecule has 3 amide bonds. The molecule has 1 aliphatic heterocycles. The van der Waals surface area contributed by atoms with Crippen LogP contribution >= 0.6 is 0 Å². The number of piperidine rings is 1. The summed E-state index contributed by atoms with van der Waals surface area (Å²) in [6.07, 6.45) is -16.7. The van der Waals surface area contributed by atoms with Gasteiger partial charge in [0.1, 0.15) is 28.4 Å². The van der Waals surface area contributed by atoms with Crippen LogP contribution in [0.1, 0.15) is 66.6 Å². The zero-order valence-electron chi connectivity index (χ0n) is 29.5. The predicted octanol–water partition coefficient (Wildman–Crippen LogP) is -0.612. The van der Waals surface area contributed by atoms with E-state index in [2.05, 4.69) is 0 Å². The highest BCUT2D eigenvalue weighted by Gasteiger charge is 2.62. The van der Waals surface area contributed by atoms with Crippen LogP contribution in [0.15, 0.2) is 0 Å². The van der Waals surface area contributed by atoms with Crippen molar-refractivity contribution in [3.63, 3.8) is 0 Å². The van der Waals surface area contributed by atoms with Crippen LogP contribution in [0.2, 0.25) is 0 Å². The lowest BCUT2D eigenvalue weighted by Gasteiger charge is -2.49. The van der Waals surface area contributed by atoms with E-state index in [0.29, 0.717) is 30.7 Å². The largest absolute Gasteiger partial charge is 0.507 e. The molecule has 1 fully saturated rings. The molecule has 27 heteroatoms. The normalized spacial score (nSPS) is 17.9. The van der Waals surface area contributed by atoms with E-state index in [1.54, 1.807) is 5.32 Å². The fourth-order valence-corrected chi connectivity index (χ4v) is 6.38. The molecule has 0 radical (unpaired) electrons. The number of aliphatic hydroxyl groups excluding tert-OH is 1. The van der Waals surface area contributed by atoms with Crippen molar-refractivity contribution in [2.75, 3.05) is 13.6 Å². The molecule has 20 nitrogen and oxygen atoms in total. The number of phenols is 6. The Labute approximate surface area is 313 Å². The first-order valence-electron chi connectivity index (χ1n) is 15.8. The smallest absolute Gasteiger partial charge is 0.423 e. The molecule has 0 aromatic heterocycles. The first-order chi connectivity index (χ1) is 25.6. The van der Waals surface area contributed by atoms with E-state index in [1.807, 2.05) is 0 Å². The second kappa shape index (κ2) is 15.1. The standard InChI is InChI=1S/C30H37F7N4O16/c1-8-13(21(46)23(48)17(31)18(8)43)12-7-11(38-29(54,55)30(56,57)41(10(3)42)28(52,53)24(49)50)5-6-40(12)25(51)39(4)9(2)14-19(44)15(26(32,33)34)22(47)16(20(14)45)27(35,36)37/h9,11-12,24,38,43-50,52-57H,5-7H2,1-4H3. The Morgan fingerprint density at radius 3 is 1.70 bits per heavy atom. The molecular weight excluding hydrogens is 805 g/mol. The van der Waals surface area contributed by atoms with E-state index in [0.717, 1.165) is 6.92 Å². The summed E-state index contributed by atoms with van der Waals surface area (Å²) in [5.41, 5.74) is -8.29. The van der Waals surface area contributed by atoms with Crippen molar-refractivity contribution in [1.82, 2.24) is 20.0 Å². The molecule has 1 aliphatic rings. The SMILES string of the molecule is CC(=O)N(C(O)(O)C(O)O)C(O)(O)C(O)(O)NC1CCN(C(=O)N(C)C(C)c2c(O)c(C(F)(F)F)c(O)c(C(F)(F)F)c2O)C(c2c(C)c(O)c(F)c(O)c2O)C1. The maximum Gasteiger partial charge on any atom is 0.423 e. The van der Waals surface area contributed by atoms with Gasteiger partial charge in [0.15, 0.2) is 17.2 Å². The van der Waals surface area contributed by atoms with Gasteiger partial charge in [0.2, 0.25) is 18.0 Å². The third-order valence-electron chi connectivity index (χ3n) is 9.34. The minimum Gasteiger partial charge on any atom is -0.507 e. The summed E-state index contributed by atoms with van der Waals surface area (Å²) in [6.45, 7) is 1.17. The van der Waals surface area contributed by atoms with Crippen molar-refractivity contribution in [3.8, 4) is 34.5 Å². The molecule has 0 saturated carbocycles. The number of phenolic OH excluding ortho intramolecular Hbond substituents is 6. The van der Waals surface area contributed by atoms with Crippen molar-refractivity contribution in [2.45, 2.75) is 88.1 Å². The molecule has 2 aromatic carbocycles. The summed E-state index contributed by atoms with van der Waals surface area (Å²) >= 11 is 0. The average Bonchev–Trinajstić information content (AvgIpc) is 3.03. The van der Waals surface area contributed by atoms with Gasteiger partial charge in [-0.1, -0.05) is 0 Å². The van der Waals surface area contributed by atoms with Crippen molar-refractivity contribution in [2.24, 2.45) is 0 Å². The lowest BCUT2D eigenvalue weighted by atomic mass is 9.87. The first kappa shape index (κ1) is 46.5. The maximum absolute atomic E-state index is 14.5. The maximum atomic E-state index is 14.5. The molecule has 1 saturated heterocycles. The monoisotopic (exact) mass is 842 g/mol. The summed E-state index contributed by atoms with van der Waals surface area (Å²) in [4.78, 5) is 26.1. The highest BCUT2D eigenvalue weighted by molar-refractivity contribution is 5.77. The van der Waals surface area contributed by atoms with E-state index >= 15 is 0 Å². The second-order valence-electron chi connectivity index (χ2n) is 13.0. The zero-order valence-corrected chi connectivity index (χ0v) is 29.5. The lowest BCUT2D eigenvalue weighted by molar-refractivity contribution is -0.479. The van der Waals surface area contributed by atoms with Crippen molar-refractivity contribution >= 4 is 11.9 Å². The highest BCUT2D eigenvalue weighted by atomic mass is 19.4. The summed E-state index contributed by atoms with van der Waals surface area (Å²) in [5.74, 6) is -28.2. The molecule has 322 valence electrons. The third kappa shape index (κ3) is 8.01. The average molecular weight is 843 g/mol. The second-order valence-corrected chi connectivity index (χ2v) is 13.0. The molecule has 1 heterocycles. The Morgan fingerprint density at radius 1 is 0.807 bits per heavy atom. The Morgan fingerprint density at radius 2 is 1.28 bits per heavy atom. The highest BCUT2D eigenvalue weighted by Crippen LogP contribution is 2.56. The number of halogens is 7. The summed E-state index contributed by atoms with van der Waals surface area (Å²) in [5, 5.41) is 145. The van der Waals surface area contributed by atoms with E-state index in [-0.39, 0.29) is 0 Å². The zero-order chi connectivity index (χ0) is 44.5. The summed E-state index contributed by atoms with van der Waals surface area (Å²) < 4.78 is 97.5. The number of urea groups is 1. The molecule has 2 aromatic rings. The van der Waals surface area contributed by atoms with Crippen molar-refractivity contribution in [3.05, 3.63) is 33.6 Å². The number of aliphatic hydroxyl groups is 8. The van der Waals surface area contributed by atoms with Gasteiger partial charge >= 0.3 is 36.1 Å². The van der Waals surface area contributed by atoms with Gasteiger partial charge in [-0.05, 0) is 26.7 Å². The minimum atomic E-state index is -5.88. The molecule has 0 bridgehead atoms. The van der Waals surface area contributed by atoms with Crippen LogP contribution in [0.3, 0.4) is 0 Å². The van der Waals surface area contributed by atoms with Crippen molar-refractivity contribution < 1.29 is 112 Å². The fourth-order valence-electron chi connectivity index (χ4n) is 6.38. The fraction of sp³-hybridized carbons (Fsp3) is 0.533. The Kier molecular flexibility index (Phi) is 12.4. The van der Waals surface area contributed by atoms with Crippen LogP contribution in [-0.2, 0) is 17.1 Å². The number of rotatable bonds is 9. The van der Waals surface area contributed by atoms with Crippen LogP contribution < -0.4 is 5.32 Å². The number of carbonyl (C=O) groups is 2. The number of carbonyl (C=O) groups excluding carboxylic acids is 2. The number of benzene rings is 2. The van der Waals surface area contributed by atoms with E-state index < -0.39 is 159 Å². The van der Waals surface area contributed by atoms with E-state index in [4.69, 9.17) is 0 Å². The number of nitrogens with one attached hydrogen (secondary N) is 1. The van der Waals surface area contributed by atoms with Crippen LogP contribution in [0, 0.1) is 12.7 Å². The topological polar surface area (TPSA) is 339 Å². The van der Waals surface area contributed by atoms with E-state index in [1.165, 1.54) is 0 Å². The van der Waals surface area contributed by atoms with Gasteiger partial charge in [-0.3, -0.25) is 10.1 Å². The number of hydrogen-bond acceptors (Lipinski definition) is 17. The third-order valence-corrected chi connectivity index (χ3v) is 9.34. The minimum absolute atomic E-state index is 0.324. The van der Waals surface area contributed by atoms with Gasteiger partial charge in [0, 0.05) is 37.7 Å². The molecule has 3 rings (SSSR count). The van der Waals surface area contributed by atoms with Crippen LogP contribution in [0.4, 0.5) is 35.5 Å². The van der Waals surface area contributed by atoms with Crippen LogP contribution in [0.25, 0.3) is 0 Å². The molecule has 3 unspecified atom stereocenters. The van der Waals surface area contributed by atoms with Crippen molar-refractivity contribution in [1.29, 1.82) is 0 Å². The molecule has 57 heavy (non-hydrogen) atoms. The van der Waals surface area contributed by atoms with Crippen LogP contribution in [0.5, 0.6) is 34.5 Å². The number of alkyl halides is 6. The van der Waals surface area contributed by atoms with Gasteiger partial charge in [-0.15, -0.1) is 0 Å². The van der Waals surface area contributed by atoms with Gasteiger partial charge in [-0.25, -0.2) is 9.69 Å². The predicted molar refractivity (Wildman–Crippen MR) is 167 cm³/mol. The van der Waals surface area contributed by atoms with E-state index in [9.17, 15) is 112 Å². The Balaban J connectivity index is 2.20. The summed E-state index contributed by atoms with van der Waals surface area (Å²) in [6, 6.07) is -7.30. The first-order valence-corrected chi connectivity index (χ1v) is 15.8. The lowest BCUT2D eigenvalue weighted by Crippen LogP contribution is -2.78.